The molecule has 0 bridgehead atoms. The van der Waals surface area contributed by atoms with E-state index in [1.165, 1.54) is 4.68 Å². The molecule has 0 fully saturated rings. The van der Waals surface area contributed by atoms with Crippen molar-refractivity contribution in [1.82, 2.24) is 9.66 Å². The number of halogens is 2. The summed E-state index contributed by atoms with van der Waals surface area (Å²) < 4.78 is 15.1. The van der Waals surface area contributed by atoms with Crippen LogP contribution in [0.1, 0.15) is 50.1 Å². The second-order valence-electron chi connectivity index (χ2n) is 8.36. The molecule has 0 aliphatic rings. The molecule has 3 aromatic carbocycles. The third-order valence-corrected chi connectivity index (χ3v) is 6.81. The van der Waals surface area contributed by atoms with Crippen molar-refractivity contribution >= 4 is 49.0 Å². The normalized spacial score (nSPS) is 12.2. The van der Waals surface area contributed by atoms with Gasteiger partial charge in [-0.25, -0.2) is 4.98 Å². The molecular formula is C28H27Br2N3O3. The van der Waals surface area contributed by atoms with Crippen LogP contribution in [0.5, 0.6) is 11.5 Å². The van der Waals surface area contributed by atoms with E-state index in [0.29, 0.717) is 41.4 Å². The Labute approximate surface area is 227 Å². The lowest BCUT2D eigenvalue weighted by molar-refractivity contribution is 0.269. The molecule has 8 heteroatoms. The zero-order valence-corrected chi connectivity index (χ0v) is 23.5. The molecule has 0 amide bonds. The van der Waals surface area contributed by atoms with Gasteiger partial charge in [-0.2, -0.15) is 9.78 Å². The zero-order chi connectivity index (χ0) is 25.7. The summed E-state index contributed by atoms with van der Waals surface area (Å²) in [5.74, 6) is 1.96. The van der Waals surface area contributed by atoms with E-state index in [9.17, 15) is 4.79 Å². The first-order valence-corrected chi connectivity index (χ1v) is 13.4. The Bertz CT molecular complexity index is 1450. The predicted molar refractivity (Wildman–Crippen MR) is 151 cm³/mol. The van der Waals surface area contributed by atoms with Gasteiger partial charge in [0.1, 0.15) is 12.4 Å². The molecule has 0 N–H and O–H groups in total. The second-order valence-corrected chi connectivity index (χ2v) is 10.2. The van der Waals surface area contributed by atoms with Gasteiger partial charge in [-0.1, -0.05) is 57.8 Å². The Hall–Kier alpha value is -2.97. The summed E-state index contributed by atoms with van der Waals surface area (Å²) in [6.45, 7) is 6.96. The summed E-state index contributed by atoms with van der Waals surface area (Å²) in [4.78, 5) is 18.1. The van der Waals surface area contributed by atoms with E-state index in [-0.39, 0.29) is 11.5 Å². The maximum absolute atomic E-state index is 13.3. The molecule has 0 saturated carbocycles. The lowest BCUT2D eigenvalue weighted by atomic mass is 10.1. The Morgan fingerprint density at radius 2 is 1.72 bits per heavy atom. The van der Waals surface area contributed by atoms with Crippen LogP contribution in [0.25, 0.3) is 10.9 Å². The summed E-state index contributed by atoms with van der Waals surface area (Å²) in [6, 6.07) is 19.1. The topological polar surface area (TPSA) is 65.7 Å². The monoisotopic (exact) mass is 611 g/mol. The maximum atomic E-state index is 13.3. The number of rotatable bonds is 9. The van der Waals surface area contributed by atoms with Crippen LogP contribution < -0.4 is 15.0 Å². The van der Waals surface area contributed by atoms with Crippen LogP contribution >= 0.6 is 31.9 Å². The van der Waals surface area contributed by atoms with Crippen molar-refractivity contribution in [1.29, 1.82) is 0 Å². The zero-order valence-electron chi connectivity index (χ0n) is 20.4. The van der Waals surface area contributed by atoms with Gasteiger partial charge >= 0.3 is 0 Å². The molecule has 36 heavy (non-hydrogen) atoms. The highest BCUT2D eigenvalue weighted by molar-refractivity contribution is 9.10. The first-order chi connectivity index (χ1) is 17.4. The number of ether oxygens (including phenoxy) is 2. The first kappa shape index (κ1) is 26.1. The van der Waals surface area contributed by atoms with Gasteiger partial charge in [-0.15, -0.1) is 0 Å². The van der Waals surface area contributed by atoms with Gasteiger partial charge in [-0.3, -0.25) is 4.79 Å². The first-order valence-electron chi connectivity index (χ1n) is 11.8. The average molecular weight is 613 g/mol. The fourth-order valence-electron chi connectivity index (χ4n) is 3.64. The molecule has 1 atom stereocenters. The number of hydrogen-bond donors (Lipinski definition) is 0. The van der Waals surface area contributed by atoms with Crippen molar-refractivity contribution in [2.45, 2.75) is 39.7 Å². The molecular weight excluding hydrogens is 586 g/mol. The van der Waals surface area contributed by atoms with E-state index in [4.69, 9.17) is 14.5 Å². The van der Waals surface area contributed by atoms with Crippen LogP contribution in [0.3, 0.4) is 0 Å². The number of benzene rings is 3. The molecule has 4 rings (SSSR count). The number of nitrogens with zero attached hydrogens (tertiary/aromatic N) is 3. The van der Waals surface area contributed by atoms with Gasteiger partial charge in [0.15, 0.2) is 11.5 Å². The van der Waals surface area contributed by atoms with Gasteiger partial charge in [0.25, 0.3) is 5.56 Å². The van der Waals surface area contributed by atoms with E-state index in [2.05, 4.69) is 43.9 Å². The molecule has 0 aliphatic heterocycles. The van der Waals surface area contributed by atoms with Crippen molar-refractivity contribution in [3.05, 3.63) is 96.9 Å². The van der Waals surface area contributed by atoms with E-state index in [1.807, 2.05) is 68.4 Å². The number of aromatic nitrogens is 2. The molecule has 0 saturated heterocycles. The van der Waals surface area contributed by atoms with Crippen LogP contribution in [0.4, 0.5) is 0 Å². The van der Waals surface area contributed by atoms with Gasteiger partial charge in [0.05, 0.1) is 23.7 Å². The van der Waals surface area contributed by atoms with Crippen molar-refractivity contribution in [2.75, 3.05) is 6.61 Å². The van der Waals surface area contributed by atoms with Crippen molar-refractivity contribution < 1.29 is 9.47 Å². The summed E-state index contributed by atoms with van der Waals surface area (Å²) >= 11 is 6.89. The predicted octanol–water partition coefficient (Wildman–Crippen LogP) is 7.29. The standard InChI is InChI=1S/C28H27Br2N3O3/c1-4-18(3)27-32-24-12-11-22(30)15-23(24)28(34)33(27)31-16-20-8-13-25(26(14-20)35-5-2)36-17-19-6-9-21(29)10-7-19/h6-16,18H,4-5,17H2,1-3H3/t18-/m1/s1. The SMILES string of the molecule is CCOc1cc(C=Nn2c([C@H](C)CC)nc3ccc(Br)cc3c2=O)ccc1OCc1ccc(Br)cc1. The van der Waals surface area contributed by atoms with Crippen LogP contribution in [0, 0.1) is 0 Å². The Morgan fingerprint density at radius 1 is 0.972 bits per heavy atom. The highest BCUT2D eigenvalue weighted by Gasteiger charge is 2.16. The quantitative estimate of drug-likeness (QED) is 0.186. The summed E-state index contributed by atoms with van der Waals surface area (Å²) in [5, 5.41) is 5.07. The molecule has 4 aromatic rings. The Kier molecular flexibility index (Phi) is 8.59. The minimum absolute atomic E-state index is 0.0660. The average Bonchev–Trinajstić information content (AvgIpc) is 2.88. The van der Waals surface area contributed by atoms with Gasteiger partial charge in [0.2, 0.25) is 0 Å². The number of fused-ring (bicyclic) bond motifs is 1. The fourth-order valence-corrected chi connectivity index (χ4v) is 4.26. The van der Waals surface area contributed by atoms with E-state index < -0.39 is 0 Å². The van der Waals surface area contributed by atoms with Crippen LogP contribution in [0.2, 0.25) is 0 Å². The molecule has 6 nitrogen and oxygen atoms in total. The fraction of sp³-hybridized carbons (Fsp3) is 0.250. The van der Waals surface area contributed by atoms with Crippen LogP contribution in [0.15, 0.2) is 79.5 Å². The van der Waals surface area contributed by atoms with E-state index in [0.717, 1.165) is 26.5 Å². The largest absolute Gasteiger partial charge is 0.490 e. The smallest absolute Gasteiger partial charge is 0.282 e. The lowest BCUT2D eigenvalue weighted by Gasteiger charge is -2.14. The molecule has 1 heterocycles. The highest BCUT2D eigenvalue weighted by atomic mass is 79.9. The molecule has 186 valence electrons. The van der Waals surface area contributed by atoms with Gasteiger partial charge < -0.3 is 9.47 Å². The molecule has 0 aliphatic carbocycles. The summed E-state index contributed by atoms with van der Waals surface area (Å²) in [6.07, 6.45) is 2.49. The Balaban J connectivity index is 1.66. The number of hydrogen-bond acceptors (Lipinski definition) is 5. The van der Waals surface area contributed by atoms with Crippen molar-refractivity contribution in [2.24, 2.45) is 5.10 Å². The maximum Gasteiger partial charge on any atom is 0.282 e. The lowest BCUT2D eigenvalue weighted by Crippen LogP contribution is -2.23. The Morgan fingerprint density at radius 3 is 2.44 bits per heavy atom. The molecule has 0 unspecified atom stereocenters. The van der Waals surface area contributed by atoms with E-state index in [1.54, 1.807) is 12.3 Å². The minimum atomic E-state index is -0.202. The summed E-state index contributed by atoms with van der Waals surface area (Å²) in [7, 11) is 0. The molecule has 0 spiro atoms. The van der Waals surface area contributed by atoms with E-state index >= 15 is 0 Å². The van der Waals surface area contributed by atoms with Crippen molar-refractivity contribution in [3.8, 4) is 11.5 Å². The minimum Gasteiger partial charge on any atom is -0.490 e. The van der Waals surface area contributed by atoms with Crippen LogP contribution in [-0.4, -0.2) is 22.5 Å². The molecule has 1 aromatic heterocycles. The third kappa shape index (κ3) is 6.05. The summed E-state index contributed by atoms with van der Waals surface area (Å²) in [5.41, 5.74) is 2.30. The van der Waals surface area contributed by atoms with Gasteiger partial charge in [-0.05, 0) is 73.0 Å². The second kappa shape index (κ2) is 11.8. The van der Waals surface area contributed by atoms with Crippen molar-refractivity contribution in [3.63, 3.8) is 0 Å². The van der Waals surface area contributed by atoms with Crippen LogP contribution in [-0.2, 0) is 6.61 Å². The van der Waals surface area contributed by atoms with Gasteiger partial charge in [0, 0.05) is 14.9 Å². The third-order valence-electron chi connectivity index (χ3n) is 5.78. The molecule has 0 radical (unpaired) electrons. The highest BCUT2D eigenvalue weighted by Crippen LogP contribution is 2.29.